The van der Waals surface area contributed by atoms with Crippen molar-refractivity contribution < 1.29 is 4.79 Å². The lowest BCUT2D eigenvalue weighted by Gasteiger charge is -1.99. The molecule has 3 aromatic rings. The van der Waals surface area contributed by atoms with E-state index in [-0.39, 0.29) is 5.78 Å². The van der Waals surface area contributed by atoms with Gasteiger partial charge in [-0.1, -0.05) is 18.2 Å². The fourth-order valence-corrected chi connectivity index (χ4v) is 1.73. The molecule has 0 saturated heterocycles. The summed E-state index contributed by atoms with van der Waals surface area (Å²) in [5, 5.41) is 4.27. The molecule has 0 radical (unpaired) electrons. The molecule has 1 aromatic carbocycles. The number of rotatable bonds is 3. The third-order valence-electron chi connectivity index (χ3n) is 2.67. The zero-order chi connectivity index (χ0) is 13.1. The first kappa shape index (κ1) is 11.3. The van der Waals surface area contributed by atoms with Crippen LogP contribution in [0.5, 0.6) is 0 Å². The minimum absolute atomic E-state index is 0.185. The summed E-state index contributed by atoms with van der Waals surface area (Å²) in [7, 11) is 0. The summed E-state index contributed by atoms with van der Waals surface area (Å²) in [5.74, 6) is -0.185. The predicted octanol–water partition coefficient (Wildman–Crippen LogP) is 1.89. The van der Waals surface area contributed by atoms with E-state index in [0.29, 0.717) is 11.3 Å². The molecule has 0 bridgehead atoms. The van der Waals surface area contributed by atoms with Gasteiger partial charge in [0.1, 0.15) is 12.0 Å². The van der Waals surface area contributed by atoms with Gasteiger partial charge in [-0.3, -0.25) is 4.79 Å². The Morgan fingerprint density at radius 2 is 1.74 bits per heavy atom. The number of aromatic nitrogens is 4. The Morgan fingerprint density at radius 1 is 1.00 bits per heavy atom. The fraction of sp³-hybridized carbons (Fsp3) is 0. The molecule has 5 nitrogen and oxygen atoms in total. The highest BCUT2D eigenvalue weighted by atomic mass is 16.1. The lowest BCUT2D eigenvalue weighted by atomic mass is 10.2. The average Bonchev–Trinajstić information content (AvgIpc) is 2.98. The van der Waals surface area contributed by atoms with E-state index in [9.17, 15) is 4.79 Å². The predicted molar refractivity (Wildman–Crippen MR) is 69.0 cm³/mol. The SMILES string of the molecule is O=C(c1cncnc1)c1ccn(-c2ccccc2)n1. The maximum Gasteiger partial charge on any atom is 0.216 e. The molecule has 0 aliphatic carbocycles. The highest BCUT2D eigenvalue weighted by molar-refractivity contribution is 6.07. The van der Waals surface area contributed by atoms with Crippen LogP contribution in [-0.4, -0.2) is 25.5 Å². The van der Waals surface area contributed by atoms with Gasteiger partial charge in [0.25, 0.3) is 0 Å². The molecular weight excluding hydrogens is 240 g/mol. The maximum atomic E-state index is 12.1. The largest absolute Gasteiger partial charge is 0.287 e. The van der Waals surface area contributed by atoms with Gasteiger partial charge in [-0.05, 0) is 18.2 Å². The van der Waals surface area contributed by atoms with E-state index < -0.39 is 0 Å². The summed E-state index contributed by atoms with van der Waals surface area (Å²) in [6, 6.07) is 11.3. The maximum absolute atomic E-state index is 12.1. The third-order valence-corrected chi connectivity index (χ3v) is 2.67. The van der Waals surface area contributed by atoms with Crippen molar-refractivity contribution in [2.45, 2.75) is 0 Å². The molecule has 19 heavy (non-hydrogen) atoms. The first-order valence-corrected chi connectivity index (χ1v) is 5.75. The molecule has 5 heteroatoms. The Labute approximate surface area is 109 Å². The summed E-state index contributed by atoms with van der Waals surface area (Å²) in [6.07, 6.45) is 6.11. The molecule has 0 fully saturated rings. The summed E-state index contributed by atoms with van der Waals surface area (Å²) < 4.78 is 1.66. The fourth-order valence-electron chi connectivity index (χ4n) is 1.73. The Hall–Kier alpha value is -2.82. The monoisotopic (exact) mass is 250 g/mol. The zero-order valence-corrected chi connectivity index (χ0v) is 9.97. The quantitative estimate of drug-likeness (QED) is 0.666. The number of carbonyl (C=O) groups excluding carboxylic acids is 1. The van der Waals surface area contributed by atoms with Crippen LogP contribution in [0, 0.1) is 0 Å². The van der Waals surface area contributed by atoms with Gasteiger partial charge in [0.2, 0.25) is 5.78 Å². The second kappa shape index (κ2) is 4.81. The standard InChI is InChI=1S/C14H10N4O/c19-14(11-8-15-10-16-9-11)13-6-7-18(17-13)12-4-2-1-3-5-12/h1-10H. The number of benzene rings is 1. The molecule has 92 valence electrons. The Balaban J connectivity index is 1.92. The zero-order valence-electron chi connectivity index (χ0n) is 9.97. The number of nitrogens with zero attached hydrogens (tertiary/aromatic N) is 4. The van der Waals surface area contributed by atoms with Crippen LogP contribution in [0.25, 0.3) is 5.69 Å². The first-order chi connectivity index (χ1) is 9.34. The molecule has 0 amide bonds. The second-order valence-electron chi connectivity index (χ2n) is 3.94. The molecule has 0 unspecified atom stereocenters. The lowest BCUT2D eigenvalue weighted by molar-refractivity contribution is 0.103. The van der Waals surface area contributed by atoms with E-state index in [0.717, 1.165) is 5.69 Å². The van der Waals surface area contributed by atoms with Gasteiger partial charge in [0.05, 0.1) is 11.3 Å². The van der Waals surface area contributed by atoms with Crippen molar-refractivity contribution in [1.82, 2.24) is 19.7 Å². The first-order valence-electron chi connectivity index (χ1n) is 5.75. The average molecular weight is 250 g/mol. The number of para-hydroxylation sites is 1. The number of ketones is 1. The molecule has 0 spiro atoms. The molecule has 2 aromatic heterocycles. The summed E-state index contributed by atoms with van der Waals surface area (Å²) in [6.45, 7) is 0. The van der Waals surface area contributed by atoms with Gasteiger partial charge in [-0.2, -0.15) is 5.10 Å². The number of hydrogen-bond acceptors (Lipinski definition) is 4. The van der Waals surface area contributed by atoms with Gasteiger partial charge >= 0.3 is 0 Å². The number of hydrogen-bond donors (Lipinski definition) is 0. The Bertz CT molecular complexity index is 692. The van der Waals surface area contributed by atoms with Crippen molar-refractivity contribution in [2.75, 3.05) is 0 Å². The van der Waals surface area contributed by atoms with Gasteiger partial charge in [-0.15, -0.1) is 0 Å². The molecule has 0 N–H and O–H groups in total. The van der Waals surface area contributed by atoms with Crippen LogP contribution in [0.15, 0.2) is 61.3 Å². The highest BCUT2D eigenvalue weighted by Gasteiger charge is 2.13. The van der Waals surface area contributed by atoms with E-state index in [1.165, 1.54) is 18.7 Å². The minimum atomic E-state index is -0.185. The molecule has 0 aliphatic rings. The molecular formula is C14H10N4O. The van der Waals surface area contributed by atoms with Crippen LogP contribution in [0.4, 0.5) is 0 Å². The summed E-state index contributed by atoms with van der Waals surface area (Å²) in [4.78, 5) is 19.8. The van der Waals surface area contributed by atoms with Gasteiger partial charge in [0, 0.05) is 18.6 Å². The summed E-state index contributed by atoms with van der Waals surface area (Å²) in [5.41, 5.74) is 1.71. The number of carbonyl (C=O) groups is 1. The molecule has 3 rings (SSSR count). The van der Waals surface area contributed by atoms with E-state index >= 15 is 0 Å². The van der Waals surface area contributed by atoms with Crippen molar-refractivity contribution in [1.29, 1.82) is 0 Å². The van der Waals surface area contributed by atoms with Crippen LogP contribution in [0.2, 0.25) is 0 Å². The van der Waals surface area contributed by atoms with E-state index in [1.54, 1.807) is 16.9 Å². The van der Waals surface area contributed by atoms with Crippen molar-refractivity contribution in [3.8, 4) is 5.69 Å². The topological polar surface area (TPSA) is 60.7 Å². The van der Waals surface area contributed by atoms with Crippen molar-refractivity contribution in [3.63, 3.8) is 0 Å². The van der Waals surface area contributed by atoms with Crippen molar-refractivity contribution >= 4 is 5.78 Å². The normalized spacial score (nSPS) is 10.3. The Kier molecular flexibility index (Phi) is 2.86. The van der Waals surface area contributed by atoms with Crippen LogP contribution < -0.4 is 0 Å². The second-order valence-corrected chi connectivity index (χ2v) is 3.94. The van der Waals surface area contributed by atoms with Crippen LogP contribution in [0.3, 0.4) is 0 Å². The Morgan fingerprint density at radius 3 is 2.47 bits per heavy atom. The van der Waals surface area contributed by atoms with Crippen LogP contribution in [-0.2, 0) is 0 Å². The molecule has 0 atom stereocenters. The third kappa shape index (κ3) is 2.26. The van der Waals surface area contributed by atoms with E-state index in [1.807, 2.05) is 30.3 Å². The van der Waals surface area contributed by atoms with E-state index in [4.69, 9.17) is 0 Å². The summed E-state index contributed by atoms with van der Waals surface area (Å²) >= 11 is 0. The smallest absolute Gasteiger partial charge is 0.216 e. The van der Waals surface area contributed by atoms with E-state index in [2.05, 4.69) is 15.1 Å². The van der Waals surface area contributed by atoms with Gasteiger partial charge < -0.3 is 0 Å². The van der Waals surface area contributed by atoms with Crippen LogP contribution in [0.1, 0.15) is 16.1 Å². The highest BCUT2D eigenvalue weighted by Crippen LogP contribution is 2.09. The van der Waals surface area contributed by atoms with Crippen LogP contribution >= 0.6 is 0 Å². The van der Waals surface area contributed by atoms with Crippen molar-refractivity contribution in [2.24, 2.45) is 0 Å². The lowest BCUT2D eigenvalue weighted by Crippen LogP contribution is -2.04. The van der Waals surface area contributed by atoms with Gasteiger partial charge in [0.15, 0.2) is 0 Å². The molecule has 2 heterocycles. The van der Waals surface area contributed by atoms with Gasteiger partial charge in [-0.25, -0.2) is 14.6 Å². The minimum Gasteiger partial charge on any atom is -0.287 e. The molecule has 0 aliphatic heterocycles. The molecule has 0 saturated carbocycles. The van der Waals surface area contributed by atoms with Crippen molar-refractivity contribution in [3.05, 3.63) is 72.6 Å².